The summed E-state index contributed by atoms with van der Waals surface area (Å²) in [6.45, 7) is 23.3. The number of benzene rings is 10. The molecule has 12 rings (SSSR count). The van der Waals surface area contributed by atoms with Crippen LogP contribution in [0.5, 0.6) is 5.75 Å². The van der Waals surface area contributed by atoms with Crippen LogP contribution in [0.2, 0.25) is 30.1 Å². The maximum absolute atomic E-state index is 11.6. The maximum Gasteiger partial charge on any atom is 0.573 e. The van der Waals surface area contributed by atoms with E-state index in [1.807, 2.05) is 171 Å². The molecule has 10 aromatic carbocycles. The third kappa shape index (κ3) is 63.9. The molecule has 2 aromatic heterocycles. The number of hydrogen-bond acceptors (Lipinski definition) is 7. The molecule has 0 radical (unpaired) electrons. The lowest BCUT2D eigenvalue weighted by Gasteiger charge is -2.08. The molecule has 632 valence electrons. The van der Waals surface area contributed by atoms with Crippen LogP contribution in [0.4, 0.5) is 13.2 Å². The summed E-state index contributed by atoms with van der Waals surface area (Å²) in [4.78, 5) is 13.0. The van der Waals surface area contributed by atoms with Crippen molar-refractivity contribution in [2.75, 3.05) is 11.5 Å². The quantitative estimate of drug-likeness (QED) is 0.0844. The van der Waals surface area contributed by atoms with Crippen molar-refractivity contribution in [2.45, 2.75) is 200 Å². The number of rotatable bonds is 16. The van der Waals surface area contributed by atoms with E-state index in [0.29, 0.717) is 10.9 Å². The molecule has 0 aliphatic heterocycles. The summed E-state index contributed by atoms with van der Waals surface area (Å²) in [5.74, 6) is 2.29. The zero-order chi connectivity index (χ0) is 83.0. The van der Waals surface area contributed by atoms with Crippen LogP contribution in [-0.2, 0) is 51.4 Å². The second-order valence-corrected chi connectivity index (χ2v) is 29.3. The monoisotopic (exact) mass is 1750 g/mol. The van der Waals surface area contributed by atoms with Gasteiger partial charge in [0.25, 0.3) is 0 Å². The maximum atomic E-state index is 11.6. The summed E-state index contributed by atoms with van der Waals surface area (Å²) in [5.41, 5.74) is 15.3. The summed E-state index contributed by atoms with van der Waals surface area (Å²) in [6.07, 6.45) is 16.0. The largest absolute Gasteiger partial charge is 0.573 e. The van der Waals surface area contributed by atoms with Gasteiger partial charge in [0.2, 0.25) is 0 Å². The third-order valence-corrected chi connectivity index (χ3v) is 17.8. The number of ether oxygens (including phenoxy) is 1. The van der Waals surface area contributed by atoms with E-state index in [1.165, 1.54) is 93.6 Å². The van der Waals surface area contributed by atoms with Crippen LogP contribution in [0.15, 0.2) is 303 Å². The molecule has 0 amide bonds. The molecule has 0 atom stereocenters. The van der Waals surface area contributed by atoms with E-state index in [1.54, 1.807) is 31.5 Å². The minimum absolute atomic E-state index is 0. The number of hydrogen-bond donors (Lipinski definition) is 3. The highest BCUT2D eigenvalue weighted by Crippen LogP contribution is 2.23. The first-order chi connectivity index (χ1) is 53.8. The molecular formula is C100H130Cl6F3N3OS3. The Kier molecular flexibility index (Phi) is 73.6. The van der Waals surface area contributed by atoms with E-state index in [0.717, 1.165) is 104 Å². The number of aromatic nitrogens is 3. The average molecular weight is 1760 g/mol. The van der Waals surface area contributed by atoms with E-state index in [9.17, 15) is 13.2 Å². The van der Waals surface area contributed by atoms with Crippen molar-refractivity contribution in [3.05, 3.63) is 395 Å². The van der Waals surface area contributed by atoms with E-state index >= 15 is 0 Å². The summed E-state index contributed by atoms with van der Waals surface area (Å²) >= 11 is 46.3. The Bertz CT molecular complexity index is 3840. The van der Waals surface area contributed by atoms with Gasteiger partial charge in [-0.1, -0.05) is 373 Å². The van der Waals surface area contributed by atoms with Gasteiger partial charge in [0.15, 0.2) is 0 Å². The fraction of sp³-hybridized carbons (Fsp3) is 0.310. The summed E-state index contributed by atoms with van der Waals surface area (Å²) in [6, 6.07) is 88.3. The predicted molar refractivity (Wildman–Crippen MR) is 520 cm³/mol. The van der Waals surface area contributed by atoms with Crippen molar-refractivity contribution in [1.82, 2.24) is 15.0 Å². The van der Waals surface area contributed by atoms with E-state index in [4.69, 9.17) is 69.6 Å². The third-order valence-electron chi connectivity index (χ3n) is 15.3. The zero-order valence-corrected chi connectivity index (χ0v) is 74.0. The molecule has 0 aliphatic rings. The molecular weight excluding hydrogens is 1630 g/mol. The molecule has 16 heteroatoms. The number of halogens is 9. The van der Waals surface area contributed by atoms with Crippen LogP contribution in [-0.4, -0.2) is 32.8 Å². The Morgan fingerprint density at radius 1 is 0.345 bits per heavy atom. The van der Waals surface area contributed by atoms with Gasteiger partial charge < -0.3 is 4.74 Å². The standard InChI is InChI=1S/C10H14.C9H11Cl.C9H12.C8H9ClS.2C8H9Cl.C8H7F3O.C8H11N.C8H10S.C7H7Cl.C7H10N2.C6H5ClS.4CH4/c1-8(2)10-6-4-9(3)5-7-10;1-2-3-8-4-6-9(10)7-5-8;1-2-6-9-7-4-3-5-8-9;9-8-3-1-7(2-4-8)5-6-10;2*1-2-7-3-5-8(9)6-4-7;1-6-2-4-7(5-3-6)12-8(9,10)11;1-2-5-8-6-3-4-7-9-8;9-7-6-8-4-2-1-3-5-8;1-6-2-4-7(8)5-3-6;1-2-3-7-6-8-4-5-9-7;7-5-3-1-2-4-6(5)8;;;;/h4-8H,1-3H3;4-7H,2-3H2,1H3;3-5,7-8H,2,6H2,1H3;1-4,10H,5-6H2;2*3-6H,2H2,1H3;2-5H,1H3;3-4,6-7H,2,5H2,1H3;1-5,9H,6-7H2;2-5H,1H3;4-6H,2-3H2,1H3;1-4,8H;4*1H4. The smallest absolute Gasteiger partial charge is 0.406 e. The Hall–Kier alpha value is -7.19. The Morgan fingerprint density at radius 2 is 0.664 bits per heavy atom. The van der Waals surface area contributed by atoms with Gasteiger partial charge in [-0.2, -0.15) is 25.3 Å². The molecule has 2 heterocycles. The van der Waals surface area contributed by atoms with Crippen LogP contribution in [0.25, 0.3) is 0 Å². The second-order valence-electron chi connectivity index (χ2n) is 25.3. The van der Waals surface area contributed by atoms with Crippen LogP contribution in [0.1, 0.15) is 184 Å². The van der Waals surface area contributed by atoms with Crippen LogP contribution >= 0.6 is 107 Å². The molecule has 0 spiro atoms. The fourth-order valence-corrected chi connectivity index (χ4v) is 10.5. The zero-order valence-electron chi connectivity index (χ0n) is 66.8. The SMILES string of the molecule is C.C.C.C.CCCc1ccc(Cl)cc1.CCCc1ccccc1.CCCc1ccccn1.CCCc1cnccn1.CCc1ccc(Cl)cc1.CCc1ccc(Cl)cc1.Cc1ccc(C(C)C)cc1.Cc1ccc(Cl)cc1.Cc1ccc(OC(F)(F)F)cc1.SCCc1ccc(Cl)cc1.SCCc1ccccc1.Sc1ccccc1Cl. The van der Waals surface area contributed by atoms with Gasteiger partial charge in [-0.15, -0.1) is 25.8 Å². The van der Waals surface area contributed by atoms with Crippen molar-refractivity contribution >= 4 is 107 Å². The lowest BCUT2D eigenvalue weighted by Crippen LogP contribution is -2.16. The van der Waals surface area contributed by atoms with Gasteiger partial charge in [0.1, 0.15) is 5.75 Å². The summed E-state index contributed by atoms with van der Waals surface area (Å²) in [5, 5.41) is 4.74. The Labute approximate surface area is 746 Å². The first kappa shape index (κ1) is 115. The van der Waals surface area contributed by atoms with E-state index < -0.39 is 6.36 Å². The topological polar surface area (TPSA) is 47.9 Å². The minimum atomic E-state index is -4.60. The van der Waals surface area contributed by atoms with Crippen LogP contribution < -0.4 is 4.74 Å². The van der Waals surface area contributed by atoms with Gasteiger partial charge >= 0.3 is 6.36 Å². The minimum Gasteiger partial charge on any atom is -0.406 e. The second kappa shape index (κ2) is 74.1. The van der Waals surface area contributed by atoms with Crippen molar-refractivity contribution < 1.29 is 17.9 Å². The number of aryl methyl sites for hydroxylation is 11. The van der Waals surface area contributed by atoms with Crippen LogP contribution in [0, 0.1) is 20.8 Å². The van der Waals surface area contributed by atoms with Gasteiger partial charge in [-0.3, -0.25) is 15.0 Å². The van der Waals surface area contributed by atoms with Crippen molar-refractivity contribution in [2.24, 2.45) is 0 Å². The van der Waals surface area contributed by atoms with Crippen molar-refractivity contribution in [3.8, 4) is 5.75 Å². The van der Waals surface area contributed by atoms with Crippen molar-refractivity contribution in [1.29, 1.82) is 0 Å². The van der Waals surface area contributed by atoms with Crippen molar-refractivity contribution in [3.63, 3.8) is 0 Å². The highest BCUT2D eigenvalue weighted by Gasteiger charge is 2.30. The van der Waals surface area contributed by atoms with E-state index in [2.05, 4.69) is 217 Å². The molecule has 0 bridgehead atoms. The Morgan fingerprint density at radius 3 is 0.974 bits per heavy atom. The first-order valence-electron chi connectivity index (χ1n) is 37.8. The molecule has 4 nitrogen and oxygen atoms in total. The normalized spacial score (nSPS) is 9.45. The summed E-state index contributed by atoms with van der Waals surface area (Å²) in [7, 11) is 0. The van der Waals surface area contributed by atoms with Gasteiger partial charge in [-0.25, -0.2) is 0 Å². The molecule has 0 saturated carbocycles. The first-order valence-corrected chi connectivity index (χ1v) is 41.7. The number of thiol groups is 3. The molecule has 116 heavy (non-hydrogen) atoms. The number of alkyl halides is 3. The number of pyridine rings is 1. The van der Waals surface area contributed by atoms with Gasteiger partial charge in [0.05, 0.1) is 10.7 Å². The predicted octanol–water partition coefficient (Wildman–Crippen LogP) is 34.0. The lowest BCUT2D eigenvalue weighted by molar-refractivity contribution is -0.274. The Balaban J connectivity index is -0.000000589. The highest BCUT2D eigenvalue weighted by molar-refractivity contribution is 7.80. The fourth-order valence-electron chi connectivity index (χ4n) is 9.06. The van der Waals surface area contributed by atoms with Gasteiger partial charge in [0, 0.05) is 60.5 Å². The molecule has 0 saturated heterocycles. The highest BCUT2D eigenvalue weighted by atomic mass is 35.5. The van der Waals surface area contributed by atoms with Gasteiger partial charge in [-0.05, 0) is 226 Å². The average Bonchev–Trinajstić information content (AvgIpc) is 0.893. The molecule has 0 N–H and O–H groups in total. The lowest BCUT2D eigenvalue weighted by atomic mass is 10.0. The van der Waals surface area contributed by atoms with E-state index in [-0.39, 0.29) is 35.5 Å². The summed E-state index contributed by atoms with van der Waals surface area (Å²) < 4.78 is 38.5. The number of nitrogens with zero attached hydrogens (tertiary/aromatic N) is 3. The molecule has 12 aromatic rings. The molecule has 0 fully saturated rings. The molecule has 0 aliphatic carbocycles. The molecule has 0 unspecified atom stereocenters. The van der Waals surface area contributed by atoms with Crippen LogP contribution in [0.3, 0.4) is 0 Å².